The predicted molar refractivity (Wildman–Crippen MR) is 100 cm³/mol. The molecule has 2 saturated carbocycles. The Balaban J connectivity index is 2.14. The fraction of sp³-hybridized carbons (Fsp3) is 0.818. The number of esters is 2. The molecule has 3 aliphatic carbocycles. The first kappa shape index (κ1) is 19.4. The van der Waals surface area contributed by atoms with Crippen LogP contribution in [0.4, 0.5) is 0 Å². The van der Waals surface area contributed by atoms with Gasteiger partial charge in [0.05, 0.1) is 7.11 Å². The highest BCUT2D eigenvalue weighted by Crippen LogP contribution is 2.64. The highest BCUT2D eigenvalue weighted by atomic mass is 16.5. The van der Waals surface area contributed by atoms with Gasteiger partial charge in [-0.05, 0) is 48.3 Å². The van der Waals surface area contributed by atoms with Gasteiger partial charge in [0.15, 0.2) is 0 Å². The van der Waals surface area contributed by atoms with E-state index in [9.17, 15) is 9.59 Å². The fourth-order valence-corrected chi connectivity index (χ4v) is 6.77. The smallest absolute Gasteiger partial charge is 0.333 e. The fourth-order valence-electron chi connectivity index (χ4n) is 6.77. The van der Waals surface area contributed by atoms with Crippen LogP contribution in [0.25, 0.3) is 0 Å². The van der Waals surface area contributed by atoms with E-state index in [0.29, 0.717) is 18.3 Å². The van der Waals surface area contributed by atoms with E-state index in [4.69, 9.17) is 9.47 Å². The average molecular weight is 363 g/mol. The first-order chi connectivity index (χ1) is 12.1. The lowest BCUT2D eigenvalue weighted by Crippen LogP contribution is -2.57. The Kier molecular flexibility index (Phi) is 5.00. The van der Waals surface area contributed by atoms with Crippen LogP contribution in [0.15, 0.2) is 11.1 Å². The molecule has 4 heteroatoms. The number of rotatable bonds is 2. The van der Waals surface area contributed by atoms with Gasteiger partial charge in [-0.3, -0.25) is 4.79 Å². The predicted octanol–water partition coefficient (Wildman–Crippen LogP) is 4.67. The summed E-state index contributed by atoms with van der Waals surface area (Å²) in [5.74, 6) is 0.512. The standard InChI is InChI=1S/C22H34O4/c1-13-8-9-16-15(18(13)20(24)25-6)12-17(26-14(2)23)19-21(3,4)10-7-11-22(16,19)5/h13,16-17,19H,7-12H2,1-6H3. The Morgan fingerprint density at radius 2 is 1.81 bits per heavy atom. The van der Waals surface area contributed by atoms with Crippen molar-refractivity contribution < 1.29 is 19.1 Å². The minimum absolute atomic E-state index is 0.0643. The molecule has 0 saturated heterocycles. The maximum Gasteiger partial charge on any atom is 0.333 e. The van der Waals surface area contributed by atoms with Crippen molar-refractivity contribution in [2.45, 2.75) is 79.2 Å². The monoisotopic (exact) mass is 362 g/mol. The van der Waals surface area contributed by atoms with E-state index < -0.39 is 0 Å². The van der Waals surface area contributed by atoms with Crippen molar-refractivity contribution in [3.63, 3.8) is 0 Å². The maximum atomic E-state index is 12.6. The van der Waals surface area contributed by atoms with Gasteiger partial charge in [-0.25, -0.2) is 4.79 Å². The highest BCUT2D eigenvalue weighted by molar-refractivity contribution is 5.90. The van der Waals surface area contributed by atoms with Crippen molar-refractivity contribution in [1.29, 1.82) is 0 Å². The van der Waals surface area contributed by atoms with Gasteiger partial charge < -0.3 is 9.47 Å². The number of carbonyl (C=O) groups excluding carboxylic acids is 2. The maximum absolute atomic E-state index is 12.6. The van der Waals surface area contributed by atoms with Crippen LogP contribution in [-0.4, -0.2) is 25.2 Å². The molecule has 3 rings (SSSR count). The summed E-state index contributed by atoms with van der Waals surface area (Å²) in [6.45, 7) is 10.7. The van der Waals surface area contributed by atoms with Gasteiger partial charge in [0.1, 0.15) is 6.10 Å². The summed E-state index contributed by atoms with van der Waals surface area (Å²) in [5.41, 5.74) is 2.25. The van der Waals surface area contributed by atoms with Crippen LogP contribution in [0.2, 0.25) is 0 Å². The summed E-state index contributed by atoms with van der Waals surface area (Å²) < 4.78 is 11.0. The second kappa shape index (κ2) is 6.69. The largest absolute Gasteiger partial charge is 0.466 e. The van der Waals surface area contributed by atoms with Gasteiger partial charge in [0.2, 0.25) is 0 Å². The number of hydrogen-bond donors (Lipinski definition) is 0. The molecule has 0 aromatic heterocycles. The van der Waals surface area contributed by atoms with Crippen LogP contribution in [0.3, 0.4) is 0 Å². The zero-order chi connectivity index (χ0) is 19.3. The molecule has 5 atom stereocenters. The molecular weight excluding hydrogens is 328 g/mol. The molecule has 5 unspecified atom stereocenters. The number of hydrogen-bond acceptors (Lipinski definition) is 4. The van der Waals surface area contributed by atoms with E-state index in [1.807, 2.05) is 0 Å². The highest BCUT2D eigenvalue weighted by Gasteiger charge is 2.59. The summed E-state index contributed by atoms with van der Waals surface area (Å²) in [4.78, 5) is 24.4. The van der Waals surface area contributed by atoms with Crippen molar-refractivity contribution >= 4 is 11.9 Å². The zero-order valence-corrected chi connectivity index (χ0v) is 17.2. The second-order valence-corrected chi connectivity index (χ2v) is 9.64. The van der Waals surface area contributed by atoms with Crippen molar-refractivity contribution in [2.24, 2.45) is 28.6 Å². The van der Waals surface area contributed by atoms with Crippen LogP contribution in [0, 0.1) is 28.6 Å². The minimum atomic E-state index is -0.221. The lowest BCUT2D eigenvalue weighted by molar-refractivity contribution is -0.172. The van der Waals surface area contributed by atoms with Crippen molar-refractivity contribution in [1.82, 2.24) is 0 Å². The molecular formula is C22H34O4. The molecule has 0 radical (unpaired) electrons. The van der Waals surface area contributed by atoms with E-state index in [0.717, 1.165) is 31.3 Å². The van der Waals surface area contributed by atoms with Gasteiger partial charge in [0.25, 0.3) is 0 Å². The molecule has 26 heavy (non-hydrogen) atoms. The molecule has 0 aromatic rings. The van der Waals surface area contributed by atoms with Crippen molar-refractivity contribution in [3.05, 3.63) is 11.1 Å². The van der Waals surface area contributed by atoms with Crippen molar-refractivity contribution in [3.8, 4) is 0 Å². The minimum Gasteiger partial charge on any atom is -0.466 e. The van der Waals surface area contributed by atoms with Crippen LogP contribution in [-0.2, 0) is 19.1 Å². The third-order valence-electron chi connectivity index (χ3n) is 7.55. The topological polar surface area (TPSA) is 52.6 Å². The Morgan fingerprint density at radius 3 is 2.42 bits per heavy atom. The molecule has 0 amide bonds. The molecule has 3 aliphatic rings. The molecule has 0 N–H and O–H groups in total. The van der Waals surface area contributed by atoms with Crippen LogP contribution in [0.1, 0.15) is 73.1 Å². The summed E-state index contributed by atoms with van der Waals surface area (Å²) >= 11 is 0. The summed E-state index contributed by atoms with van der Waals surface area (Å²) in [6.07, 6.45) is 6.17. The summed E-state index contributed by atoms with van der Waals surface area (Å²) in [5, 5.41) is 0. The first-order valence-electron chi connectivity index (χ1n) is 10.1. The molecule has 2 fully saturated rings. The molecule has 4 nitrogen and oxygen atoms in total. The lowest BCUT2D eigenvalue weighted by atomic mass is 9.44. The van der Waals surface area contributed by atoms with Crippen LogP contribution in [0.5, 0.6) is 0 Å². The molecule has 146 valence electrons. The zero-order valence-electron chi connectivity index (χ0n) is 17.2. The summed E-state index contributed by atoms with van der Waals surface area (Å²) in [6, 6.07) is 0. The van der Waals surface area contributed by atoms with E-state index in [-0.39, 0.29) is 34.8 Å². The van der Waals surface area contributed by atoms with Gasteiger partial charge in [0, 0.05) is 24.8 Å². The van der Waals surface area contributed by atoms with Gasteiger partial charge in [-0.2, -0.15) is 0 Å². The molecule has 0 spiro atoms. The Bertz CT molecular complexity index is 632. The van der Waals surface area contributed by atoms with Gasteiger partial charge >= 0.3 is 11.9 Å². The Labute approximate surface area is 157 Å². The normalized spacial score (nSPS) is 38.8. The van der Waals surface area contributed by atoms with E-state index >= 15 is 0 Å². The third kappa shape index (κ3) is 2.99. The number of fused-ring (bicyclic) bond motifs is 3. The van der Waals surface area contributed by atoms with Gasteiger partial charge in [-0.15, -0.1) is 0 Å². The second-order valence-electron chi connectivity index (χ2n) is 9.64. The Morgan fingerprint density at radius 1 is 1.12 bits per heavy atom. The van der Waals surface area contributed by atoms with Crippen molar-refractivity contribution in [2.75, 3.05) is 7.11 Å². The summed E-state index contributed by atoms with van der Waals surface area (Å²) in [7, 11) is 1.47. The van der Waals surface area contributed by atoms with Crippen LogP contribution >= 0.6 is 0 Å². The molecule has 0 heterocycles. The number of carbonyl (C=O) groups is 2. The molecule has 0 bridgehead atoms. The number of methoxy groups -OCH3 is 1. The Hall–Kier alpha value is -1.32. The first-order valence-corrected chi connectivity index (χ1v) is 10.1. The third-order valence-corrected chi connectivity index (χ3v) is 7.55. The van der Waals surface area contributed by atoms with E-state index in [2.05, 4.69) is 27.7 Å². The lowest BCUT2D eigenvalue weighted by Gasteiger charge is -2.61. The number of ether oxygens (including phenoxy) is 2. The molecule has 0 aliphatic heterocycles. The van der Waals surface area contributed by atoms with Gasteiger partial charge in [-0.1, -0.05) is 39.7 Å². The quantitative estimate of drug-likeness (QED) is 0.670. The molecule has 0 aromatic carbocycles. The SMILES string of the molecule is COC(=O)C1=C2CC(OC(C)=O)C3C(C)(C)CCCC3(C)C2CCC1C. The van der Waals surface area contributed by atoms with E-state index in [1.54, 1.807) is 0 Å². The van der Waals surface area contributed by atoms with Crippen LogP contribution < -0.4 is 0 Å². The average Bonchev–Trinajstić information content (AvgIpc) is 2.52. The van der Waals surface area contributed by atoms with E-state index in [1.165, 1.54) is 26.0 Å².